The molecule has 0 spiro atoms. The summed E-state index contributed by atoms with van der Waals surface area (Å²) in [7, 11) is -3.71. The van der Waals surface area contributed by atoms with Crippen LogP contribution in [0.25, 0.3) is 0 Å². The number of phenolic OH excluding ortho intramolecular Hbond substituents is 1. The zero-order valence-electron chi connectivity index (χ0n) is 18.1. The van der Waals surface area contributed by atoms with E-state index in [1.54, 1.807) is 26.0 Å². The Balaban J connectivity index is 2.08. The van der Waals surface area contributed by atoms with Gasteiger partial charge < -0.3 is 15.2 Å². The highest BCUT2D eigenvalue weighted by atomic mass is 32.2. The summed E-state index contributed by atoms with van der Waals surface area (Å²) < 4.78 is 32.1. The van der Waals surface area contributed by atoms with Gasteiger partial charge in [0.25, 0.3) is 5.91 Å². The number of hydrogen-bond acceptors (Lipinski definition) is 5. The first-order chi connectivity index (χ1) is 14.0. The molecule has 164 valence electrons. The molecule has 0 unspecified atom stereocenters. The number of nitrogens with zero attached hydrogens (tertiary/aromatic N) is 1. The summed E-state index contributed by atoms with van der Waals surface area (Å²) in [5, 5.41) is 12.5. The van der Waals surface area contributed by atoms with Crippen molar-refractivity contribution >= 4 is 21.6 Å². The Morgan fingerprint density at radius 1 is 1.07 bits per heavy atom. The summed E-state index contributed by atoms with van der Waals surface area (Å²) >= 11 is 0. The fourth-order valence-corrected chi connectivity index (χ4v) is 4.36. The minimum atomic E-state index is -3.71. The summed E-state index contributed by atoms with van der Waals surface area (Å²) in [5.74, 6) is -0.195. The van der Waals surface area contributed by atoms with Gasteiger partial charge in [0.05, 0.1) is 10.6 Å². The van der Waals surface area contributed by atoms with Crippen LogP contribution < -0.4 is 10.1 Å². The van der Waals surface area contributed by atoms with Gasteiger partial charge in [-0.1, -0.05) is 46.8 Å². The van der Waals surface area contributed by atoms with Gasteiger partial charge in [-0.05, 0) is 41.3 Å². The molecule has 30 heavy (non-hydrogen) atoms. The lowest BCUT2D eigenvalue weighted by Gasteiger charge is -2.19. The normalized spacial score (nSPS) is 12.1. The van der Waals surface area contributed by atoms with Gasteiger partial charge >= 0.3 is 0 Å². The van der Waals surface area contributed by atoms with Crippen molar-refractivity contribution in [1.82, 2.24) is 4.31 Å². The second kappa shape index (κ2) is 9.49. The van der Waals surface area contributed by atoms with Gasteiger partial charge in [0.2, 0.25) is 10.0 Å². The number of aromatic hydroxyl groups is 1. The Labute approximate surface area is 178 Å². The van der Waals surface area contributed by atoms with Crippen LogP contribution in [-0.4, -0.2) is 43.4 Å². The molecule has 0 saturated heterocycles. The highest BCUT2D eigenvalue weighted by molar-refractivity contribution is 7.89. The molecule has 0 aliphatic rings. The topological polar surface area (TPSA) is 95.9 Å². The number of benzene rings is 2. The molecule has 0 aliphatic heterocycles. The molecule has 0 fully saturated rings. The highest BCUT2D eigenvalue weighted by Crippen LogP contribution is 2.28. The third-order valence-electron chi connectivity index (χ3n) is 4.68. The molecule has 0 aromatic heterocycles. The summed E-state index contributed by atoms with van der Waals surface area (Å²) in [6.07, 6.45) is 0. The lowest BCUT2D eigenvalue weighted by molar-refractivity contribution is -0.118. The molecule has 0 heterocycles. The molecule has 2 N–H and O–H groups in total. The minimum Gasteiger partial charge on any atom is -0.506 e. The fourth-order valence-electron chi connectivity index (χ4n) is 2.87. The maximum atomic E-state index is 12.7. The van der Waals surface area contributed by atoms with Crippen molar-refractivity contribution in [1.29, 1.82) is 0 Å². The van der Waals surface area contributed by atoms with Gasteiger partial charge in [-0.3, -0.25) is 4.79 Å². The van der Waals surface area contributed by atoms with Gasteiger partial charge in [-0.15, -0.1) is 0 Å². The van der Waals surface area contributed by atoms with E-state index in [0.29, 0.717) is 18.8 Å². The van der Waals surface area contributed by atoms with E-state index < -0.39 is 15.9 Å². The van der Waals surface area contributed by atoms with Crippen molar-refractivity contribution in [3.8, 4) is 11.5 Å². The first kappa shape index (κ1) is 23.7. The summed E-state index contributed by atoms with van der Waals surface area (Å²) in [4.78, 5) is 12.3. The van der Waals surface area contributed by atoms with Gasteiger partial charge in [-0.2, -0.15) is 4.31 Å². The number of nitrogens with one attached hydrogen (secondary N) is 1. The maximum Gasteiger partial charge on any atom is 0.262 e. The third-order valence-corrected chi connectivity index (χ3v) is 6.72. The molecule has 1 amide bonds. The molecule has 7 nitrogen and oxygen atoms in total. The fraction of sp³-hybridized carbons (Fsp3) is 0.409. The van der Waals surface area contributed by atoms with E-state index in [1.165, 1.54) is 22.5 Å². The first-order valence-electron chi connectivity index (χ1n) is 9.85. The molecular weight excluding hydrogens is 404 g/mol. The quantitative estimate of drug-likeness (QED) is 0.617. The Morgan fingerprint density at radius 3 is 2.20 bits per heavy atom. The Morgan fingerprint density at radius 2 is 1.67 bits per heavy atom. The van der Waals surface area contributed by atoms with Crippen LogP contribution in [0.15, 0.2) is 47.4 Å². The zero-order valence-corrected chi connectivity index (χ0v) is 18.9. The molecule has 0 bridgehead atoms. The number of hydrogen-bond donors (Lipinski definition) is 2. The van der Waals surface area contributed by atoms with Crippen LogP contribution in [0.5, 0.6) is 11.5 Å². The Hall–Kier alpha value is -2.58. The van der Waals surface area contributed by atoms with Crippen LogP contribution in [0.1, 0.15) is 40.2 Å². The third kappa shape index (κ3) is 5.73. The van der Waals surface area contributed by atoms with Crippen LogP contribution in [0.3, 0.4) is 0 Å². The van der Waals surface area contributed by atoms with Crippen LogP contribution in [0.4, 0.5) is 5.69 Å². The molecule has 2 aromatic rings. The van der Waals surface area contributed by atoms with E-state index >= 15 is 0 Å². The van der Waals surface area contributed by atoms with Crippen LogP contribution in [-0.2, 0) is 20.2 Å². The number of amides is 1. The smallest absolute Gasteiger partial charge is 0.262 e. The second-order valence-electron chi connectivity index (χ2n) is 7.88. The number of sulfonamides is 1. The average Bonchev–Trinajstić information content (AvgIpc) is 2.68. The van der Waals surface area contributed by atoms with E-state index in [4.69, 9.17) is 4.74 Å². The summed E-state index contributed by atoms with van der Waals surface area (Å²) in [5.41, 5.74) is 1.18. The number of carbonyl (C=O) groups is 1. The van der Waals surface area contributed by atoms with E-state index in [1.807, 2.05) is 12.1 Å². The first-order valence-corrected chi connectivity index (χ1v) is 11.3. The van der Waals surface area contributed by atoms with E-state index in [0.717, 1.165) is 5.56 Å². The zero-order chi connectivity index (χ0) is 22.5. The predicted octanol–water partition coefficient (Wildman–Crippen LogP) is 3.74. The number of ether oxygens (including phenoxy) is 1. The van der Waals surface area contributed by atoms with Gasteiger partial charge in [-0.25, -0.2) is 8.42 Å². The Bertz CT molecular complexity index is 976. The standard InChI is InChI=1S/C22H30N2O5S/c1-6-24(7-2)30(27,28)18-12-13-20(25)19(14-18)23-21(26)15-29-17-10-8-16(9-11-17)22(3,4)5/h8-14,25H,6-7,15H2,1-5H3,(H,23,26). The highest BCUT2D eigenvalue weighted by Gasteiger charge is 2.23. The average molecular weight is 435 g/mol. The van der Waals surface area contributed by atoms with E-state index in [9.17, 15) is 18.3 Å². The van der Waals surface area contributed by atoms with Crippen LogP contribution in [0.2, 0.25) is 0 Å². The van der Waals surface area contributed by atoms with Crippen molar-refractivity contribution in [3.63, 3.8) is 0 Å². The number of anilines is 1. The molecule has 0 saturated carbocycles. The minimum absolute atomic E-state index is 0.00186. The van der Waals surface area contributed by atoms with Gasteiger partial charge in [0.15, 0.2) is 6.61 Å². The van der Waals surface area contributed by atoms with Gasteiger partial charge in [0, 0.05) is 13.1 Å². The van der Waals surface area contributed by atoms with Crippen molar-refractivity contribution < 1.29 is 23.1 Å². The van der Waals surface area contributed by atoms with Crippen molar-refractivity contribution in [2.45, 2.75) is 44.9 Å². The molecule has 8 heteroatoms. The number of phenols is 1. The number of rotatable bonds is 8. The Kier molecular flexibility index (Phi) is 7.49. The molecule has 0 aliphatic carbocycles. The summed E-state index contributed by atoms with van der Waals surface area (Å²) in [6, 6.07) is 11.3. The summed E-state index contributed by atoms with van der Waals surface area (Å²) in [6.45, 7) is 10.2. The molecular formula is C22H30N2O5S. The maximum absolute atomic E-state index is 12.7. The monoisotopic (exact) mass is 434 g/mol. The SMILES string of the molecule is CCN(CC)S(=O)(=O)c1ccc(O)c(NC(=O)COc2ccc(C(C)(C)C)cc2)c1. The molecule has 2 aromatic carbocycles. The van der Waals surface area contributed by atoms with Crippen molar-refractivity contribution in [2.75, 3.05) is 25.0 Å². The second-order valence-corrected chi connectivity index (χ2v) is 9.82. The lowest BCUT2D eigenvalue weighted by Crippen LogP contribution is -2.30. The van der Waals surface area contributed by atoms with E-state index in [2.05, 4.69) is 26.1 Å². The predicted molar refractivity (Wildman–Crippen MR) is 117 cm³/mol. The van der Waals surface area contributed by atoms with Gasteiger partial charge in [0.1, 0.15) is 11.5 Å². The van der Waals surface area contributed by atoms with Crippen molar-refractivity contribution in [3.05, 3.63) is 48.0 Å². The molecule has 2 rings (SSSR count). The van der Waals surface area contributed by atoms with Crippen LogP contribution in [0, 0.1) is 0 Å². The van der Waals surface area contributed by atoms with Crippen LogP contribution >= 0.6 is 0 Å². The lowest BCUT2D eigenvalue weighted by atomic mass is 9.87. The van der Waals surface area contributed by atoms with Crippen molar-refractivity contribution in [2.24, 2.45) is 0 Å². The number of carbonyl (C=O) groups excluding carboxylic acids is 1. The largest absolute Gasteiger partial charge is 0.506 e. The molecule has 0 radical (unpaired) electrons. The van der Waals surface area contributed by atoms with E-state index in [-0.39, 0.29) is 28.4 Å². The molecule has 0 atom stereocenters.